The van der Waals surface area contributed by atoms with Gasteiger partial charge in [0.1, 0.15) is 18.2 Å². The van der Waals surface area contributed by atoms with Crippen LogP contribution in [0, 0.1) is 5.82 Å². The van der Waals surface area contributed by atoms with Crippen molar-refractivity contribution in [3.05, 3.63) is 100 Å². The number of piperidine rings is 1. The van der Waals surface area contributed by atoms with Crippen molar-refractivity contribution in [3.8, 4) is 5.75 Å². The Bertz CT molecular complexity index is 1210. The van der Waals surface area contributed by atoms with Crippen LogP contribution >= 0.6 is 0 Å². The molecule has 0 saturated carbocycles. The fourth-order valence-electron chi connectivity index (χ4n) is 5.88. The van der Waals surface area contributed by atoms with Gasteiger partial charge in [-0.3, -0.25) is 9.69 Å². The van der Waals surface area contributed by atoms with E-state index in [1.54, 1.807) is 30.2 Å². The lowest BCUT2D eigenvalue weighted by atomic mass is 9.74. The third-order valence-electron chi connectivity index (χ3n) is 8.04. The van der Waals surface area contributed by atoms with E-state index in [2.05, 4.69) is 53.4 Å². The first-order chi connectivity index (χ1) is 18.0. The van der Waals surface area contributed by atoms with E-state index in [0.717, 1.165) is 25.2 Å². The van der Waals surface area contributed by atoms with Crippen LogP contribution in [0.4, 0.5) is 4.39 Å². The molecular weight excluding hydrogens is 465 g/mol. The van der Waals surface area contributed by atoms with E-state index in [0.29, 0.717) is 36.4 Å². The van der Waals surface area contributed by atoms with Crippen LogP contribution in [0.25, 0.3) is 0 Å². The number of fused-ring (bicyclic) bond motifs is 2. The Balaban J connectivity index is 1.09. The Morgan fingerprint density at radius 1 is 0.973 bits per heavy atom. The van der Waals surface area contributed by atoms with E-state index < -0.39 is 0 Å². The first-order valence-electron chi connectivity index (χ1n) is 13.5. The number of benzene rings is 3. The monoisotopic (exact) mass is 501 g/mol. The van der Waals surface area contributed by atoms with Crippen LogP contribution in [0.1, 0.15) is 60.4 Å². The molecule has 0 atom stereocenters. The molecule has 0 bridgehead atoms. The minimum Gasteiger partial charge on any atom is -0.489 e. The highest BCUT2D eigenvalue weighted by molar-refractivity contribution is 5.69. The predicted octanol–water partition coefficient (Wildman–Crippen LogP) is 6.38. The van der Waals surface area contributed by atoms with Crippen LogP contribution in [-0.2, 0) is 40.9 Å². The zero-order valence-electron chi connectivity index (χ0n) is 21.7. The lowest BCUT2D eigenvalue weighted by Gasteiger charge is -2.40. The number of carbonyl (C=O) groups excluding carboxylic acids is 1. The highest BCUT2D eigenvalue weighted by atomic mass is 19.1. The van der Waals surface area contributed by atoms with Gasteiger partial charge in [-0.2, -0.15) is 0 Å². The molecule has 3 aromatic rings. The van der Waals surface area contributed by atoms with Gasteiger partial charge < -0.3 is 9.47 Å². The molecule has 0 amide bonds. The van der Waals surface area contributed by atoms with Gasteiger partial charge in [0.2, 0.25) is 0 Å². The molecule has 1 spiro atoms. The number of hydrogen-bond acceptors (Lipinski definition) is 4. The van der Waals surface area contributed by atoms with Gasteiger partial charge in [-0.15, -0.1) is 0 Å². The molecular formula is C32H36FNO3. The molecule has 3 aromatic carbocycles. The summed E-state index contributed by atoms with van der Waals surface area (Å²) in [6.45, 7) is 5.73. The quantitative estimate of drug-likeness (QED) is 0.319. The number of hydrogen-bond donors (Lipinski definition) is 0. The lowest BCUT2D eigenvalue weighted by Crippen LogP contribution is -2.41. The first-order valence-corrected chi connectivity index (χ1v) is 13.5. The van der Waals surface area contributed by atoms with Gasteiger partial charge in [0.25, 0.3) is 0 Å². The third-order valence-corrected chi connectivity index (χ3v) is 8.04. The number of aryl methyl sites for hydroxylation is 2. The van der Waals surface area contributed by atoms with Crippen LogP contribution in [0.3, 0.4) is 0 Å². The SMILES string of the molecule is CCOC(=O)CCc1ccc(OCc2ccc(CN3CCC4(CCc5ccccc54)CC3)cc2)cc1F. The van der Waals surface area contributed by atoms with Gasteiger partial charge in [0.05, 0.1) is 6.61 Å². The standard InChI is InChI=1S/C32H36FNO3/c1-2-36-31(35)14-12-27-11-13-28(21-30(27)33)37-23-25-9-7-24(8-10-25)22-34-19-17-32(18-20-34)16-15-26-5-3-4-6-29(26)32/h3-11,13,21H,2,12,14-20,22-23H2,1H3. The van der Waals surface area contributed by atoms with Crippen molar-refractivity contribution in [2.45, 2.75) is 64.0 Å². The molecule has 1 fully saturated rings. The van der Waals surface area contributed by atoms with E-state index in [-0.39, 0.29) is 18.2 Å². The minimum absolute atomic E-state index is 0.170. The normalized spacial score (nSPS) is 16.5. The zero-order chi connectivity index (χ0) is 25.7. The number of nitrogens with zero attached hydrogens (tertiary/aromatic N) is 1. The van der Waals surface area contributed by atoms with Crippen molar-refractivity contribution >= 4 is 5.97 Å². The Morgan fingerprint density at radius 3 is 2.49 bits per heavy atom. The highest BCUT2D eigenvalue weighted by Crippen LogP contribution is 2.46. The van der Waals surface area contributed by atoms with E-state index in [9.17, 15) is 9.18 Å². The summed E-state index contributed by atoms with van der Waals surface area (Å²) >= 11 is 0. The van der Waals surface area contributed by atoms with Gasteiger partial charge in [-0.25, -0.2) is 4.39 Å². The van der Waals surface area contributed by atoms with E-state index in [4.69, 9.17) is 9.47 Å². The molecule has 5 rings (SSSR count). The van der Waals surface area contributed by atoms with Gasteiger partial charge >= 0.3 is 5.97 Å². The fraction of sp³-hybridized carbons (Fsp3) is 0.406. The molecule has 0 N–H and O–H groups in total. The summed E-state index contributed by atoms with van der Waals surface area (Å²) in [7, 11) is 0. The summed E-state index contributed by atoms with van der Waals surface area (Å²) in [4.78, 5) is 14.1. The summed E-state index contributed by atoms with van der Waals surface area (Å²) in [6, 6.07) is 22.4. The Hall–Kier alpha value is -3.18. The largest absolute Gasteiger partial charge is 0.489 e. The maximum Gasteiger partial charge on any atom is 0.306 e. The number of carbonyl (C=O) groups is 1. The van der Waals surface area contributed by atoms with Crippen LogP contribution in [0.5, 0.6) is 5.75 Å². The molecule has 1 heterocycles. The number of esters is 1. The van der Waals surface area contributed by atoms with Gasteiger partial charge in [-0.05, 0) is 91.4 Å². The van der Waals surface area contributed by atoms with Crippen LogP contribution in [0.15, 0.2) is 66.7 Å². The average molecular weight is 502 g/mol. The van der Waals surface area contributed by atoms with Crippen molar-refractivity contribution in [2.24, 2.45) is 0 Å². The molecule has 5 heteroatoms. The number of rotatable bonds is 9. The Kier molecular flexibility index (Phi) is 7.90. The summed E-state index contributed by atoms with van der Waals surface area (Å²) < 4.78 is 25.2. The number of likely N-dealkylation sites (tertiary alicyclic amines) is 1. The second kappa shape index (κ2) is 11.5. The van der Waals surface area contributed by atoms with E-state index in [1.807, 2.05) is 0 Å². The molecule has 194 valence electrons. The maximum atomic E-state index is 14.4. The average Bonchev–Trinajstić information content (AvgIpc) is 3.27. The summed E-state index contributed by atoms with van der Waals surface area (Å²) in [6.07, 6.45) is 5.50. The van der Waals surface area contributed by atoms with Gasteiger partial charge in [-0.1, -0.05) is 54.6 Å². The predicted molar refractivity (Wildman–Crippen MR) is 143 cm³/mol. The van der Waals surface area contributed by atoms with Gasteiger partial charge in [0, 0.05) is 19.0 Å². The summed E-state index contributed by atoms with van der Waals surface area (Å²) in [5.41, 5.74) is 6.41. The molecule has 0 unspecified atom stereocenters. The molecule has 0 radical (unpaired) electrons. The molecule has 2 aliphatic rings. The van der Waals surface area contributed by atoms with Crippen molar-refractivity contribution in [2.75, 3.05) is 19.7 Å². The lowest BCUT2D eigenvalue weighted by molar-refractivity contribution is -0.143. The van der Waals surface area contributed by atoms with E-state index in [1.165, 1.54) is 37.3 Å². The first kappa shape index (κ1) is 25.5. The second-order valence-electron chi connectivity index (χ2n) is 10.4. The van der Waals surface area contributed by atoms with Crippen LogP contribution < -0.4 is 4.74 Å². The number of ether oxygens (including phenoxy) is 2. The fourth-order valence-corrected chi connectivity index (χ4v) is 5.88. The molecule has 4 nitrogen and oxygen atoms in total. The maximum absolute atomic E-state index is 14.4. The van der Waals surface area contributed by atoms with E-state index >= 15 is 0 Å². The molecule has 0 aromatic heterocycles. The summed E-state index contributed by atoms with van der Waals surface area (Å²) in [5, 5.41) is 0. The Morgan fingerprint density at radius 2 is 1.73 bits per heavy atom. The molecule has 37 heavy (non-hydrogen) atoms. The Labute approximate surface area is 219 Å². The van der Waals surface area contributed by atoms with Crippen LogP contribution in [0.2, 0.25) is 0 Å². The zero-order valence-corrected chi connectivity index (χ0v) is 21.7. The minimum atomic E-state index is -0.360. The highest BCUT2D eigenvalue weighted by Gasteiger charge is 2.40. The molecule has 1 aliphatic carbocycles. The third kappa shape index (κ3) is 6.04. The number of halogens is 1. The molecule has 1 saturated heterocycles. The molecule has 1 aliphatic heterocycles. The smallest absolute Gasteiger partial charge is 0.306 e. The van der Waals surface area contributed by atoms with Crippen molar-refractivity contribution < 1.29 is 18.7 Å². The summed E-state index contributed by atoms with van der Waals surface area (Å²) in [5.74, 6) is -0.187. The topological polar surface area (TPSA) is 38.8 Å². The van der Waals surface area contributed by atoms with Crippen molar-refractivity contribution in [1.29, 1.82) is 0 Å². The van der Waals surface area contributed by atoms with Gasteiger partial charge in [0.15, 0.2) is 0 Å². The van der Waals surface area contributed by atoms with Crippen LogP contribution in [-0.4, -0.2) is 30.6 Å². The van der Waals surface area contributed by atoms with Crippen molar-refractivity contribution in [3.63, 3.8) is 0 Å². The second-order valence-corrected chi connectivity index (χ2v) is 10.4. The van der Waals surface area contributed by atoms with Crippen molar-refractivity contribution in [1.82, 2.24) is 4.90 Å².